The van der Waals surface area contributed by atoms with Gasteiger partial charge in [-0.3, -0.25) is 4.99 Å². The summed E-state index contributed by atoms with van der Waals surface area (Å²) in [7, 11) is 1.61. The first kappa shape index (κ1) is 7.34. The van der Waals surface area contributed by atoms with E-state index in [1.165, 1.54) is 12.3 Å². The molecule has 0 saturated heterocycles. The maximum absolute atomic E-state index is 12.1. The molecule has 8 heavy (non-hydrogen) atoms. The predicted octanol–water partition coefficient (Wildman–Crippen LogP) is 1.95. The van der Waals surface area contributed by atoms with Crippen LogP contribution in [-0.4, -0.2) is 13.3 Å². The van der Waals surface area contributed by atoms with Crippen LogP contribution in [0.25, 0.3) is 0 Å². The molecule has 0 aromatic carbocycles. The summed E-state index contributed by atoms with van der Waals surface area (Å²) in [6.45, 7) is 1.76. The monoisotopic (exact) mass is 115 g/mol. The largest absolute Gasteiger partial charge is 0.296 e. The molecular formula is C6H10FN. The summed E-state index contributed by atoms with van der Waals surface area (Å²) in [6, 6.07) is 0. The predicted molar refractivity (Wildman–Crippen MR) is 33.9 cm³/mol. The molecule has 0 unspecified atom stereocenters. The van der Waals surface area contributed by atoms with Gasteiger partial charge in [-0.2, -0.15) is 0 Å². The van der Waals surface area contributed by atoms with Gasteiger partial charge in [0.15, 0.2) is 0 Å². The van der Waals surface area contributed by atoms with E-state index < -0.39 is 0 Å². The zero-order valence-corrected chi connectivity index (χ0v) is 5.19. The van der Waals surface area contributed by atoms with E-state index in [-0.39, 0.29) is 5.83 Å². The molecule has 0 fully saturated rings. The molecule has 0 heterocycles. The third kappa shape index (κ3) is 3.53. The van der Waals surface area contributed by atoms with Gasteiger partial charge in [-0.1, -0.05) is 6.92 Å². The Hall–Kier alpha value is -0.660. The Labute approximate surface area is 48.9 Å². The van der Waals surface area contributed by atoms with Gasteiger partial charge in [0, 0.05) is 13.3 Å². The molecule has 0 N–H and O–H groups in total. The second kappa shape index (κ2) is 4.50. The molecule has 0 aromatic rings. The summed E-state index contributed by atoms with van der Waals surface area (Å²) < 4.78 is 12.1. The van der Waals surface area contributed by atoms with Gasteiger partial charge in [0.2, 0.25) is 0 Å². The summed E-state index contributed by atoms with van der Waals surface area (Å²) in [5.41, 5.74) is 0. The minimum Gasteiger partial charge on any atom is -0.296 e. The minimum atomic E-state index is -0.129. The SMILES string of the molecule is CC/C(F)=C\C=NC. The fourth-order valence-corrected chi connectivity index (χ4v) is 0.273. The average molecular weight is 115 g/mol. The highest BCUT2D eigenvalue weighted by Gasteiger charge is 1.82. The standard InChI is InChI=1S/C6H10FN/c1-3-6(7)4-5-8-2/h4-5H,3H2,1-2H3/b6-4+,8-5?. The van der Waals surface area contributed by atoms with Crippen LogP contribution in [0.5, 0.6) is 0 Å². The zero-order chi connectivity index (χ0) is 6.41. The van der Waals surface area contributed by atoms with Crippen molar-refractivity contribution >= 4 is 6.21 Å². The Kier molecular flexibility index (Phi) is 4.13. The van der Waals surface area contributed by atoms with Crippen LogP contribution in [0, 0.1) is 0 Å². The summed E-state index contributed by atoms with van der Waals surface area (Å²) in [5, 5.41) is 0. The van der Waals surface area contributed by atoms with Crippen molar-refractivity contribution in [2.24, 2.45) is 4.99 Å². The minimum absolute atomic E-state index is 0.129. The molecule has 0 aromatic heterocycles. The summed E-state index contributed by atoms with van der Waals surface area (Å²) in [4.78, 5) is 3.58. The number of rotatable bonds is 2. The van der Waals surface area contributed by atoms with Gasteiger partial charge < -0.3 is 0 Å². The van der Waals surface area contributed by atoms with Crippen LogP contribution in [0.15, 0.2) is 16.9 Å². The number of halogens is 1. The molecule has 0 rings (SSSR count). The molecular weight excluding hydrogens is 105 g/mol. The quantitative estimate of drug-likeness (QED) is 0.488. The van der Waals surface area contributed by atoms with E-state index in [9.17, 15) is 4.39 Å². The first-order chi connectivity index (χ1) is 3.81. The first-order valence-corrected chi connectivity index (χ1v) is 2.58. The Morgan fingerprint density at radius 2 is 2.38 bits per heavy atom. The van der Waals surface area contributed by atoms with Gasteiger partial charge >= 0.3 is 0 Å². The van der Waals surface area contributed by atoms with Crippen molar-refractivity contribution in [3.63, 3.8) is 0 Å². The first-order valence-electron chi connectivity index (χ1n) is 2.58. The second-order valence-electron chi connectivity index (χ2n) is 1.37. The van der Waals surface area contributed by atoms with E-state index in [0.717, 1.165) is 0 Å². The van der Waals surface area contributed by atoms with Crippen LogP contribution in [-0.2, 0) is 0 Å². The van der Waals surface area contributed by atoms with E-state index in [2.05, 4.69) is 4.99 Å². The molecule has 0 aliphatic carbocycles. The molecule has 0 bridgehead atoms. The summed E-state index contributed by atoms with van der Waals surface area (Å²) in [6.07, 6.45) is 3.25. The van der Waals surface area contributed by atoms with E-state index in [1.807, 2.05) is 0 Å². The van der Waals surface area contributed by atoms with E-state index in [0.29, 0.717) is 6.42 Å². The van der Waals surface area contributed by atoms with E-state index in [1.54, 1.807) is 14.0 Å². The molecule has 0 radical (unpaired) electrons. The number of hydrogen-bond donors (Lipinski definition) is 0. The Morgan fingerprint density at radius 1 is 1.75 bits per heavy atom. The summed E-state index contributed by atoms with van der Waals surface area (Å²) >= 11 is 0. The highest BCUT2D eigenvalue weighted by Crippen LogP contribution is 1.97. The van der Waals surface area contributed by atoms with Crippen molar-refractivity contribution in [1.82, 2.24) is 0 Å². The van der Waals surface area contributed by atoms with Crippen molar-refractivity contribution in [2.75, 3.05) is 7.05 Å². The smallest absolute Gasteiger partial charge is 0.101 e. The molecule has 46 valence electrons. The number of nitrogens with zero attached hydrogens (tertiary/aromatic N) is 1. The van der Waals surface area contributed by atoms with Crippen molar-refractivity contribution < 1.29 is 4.39 Å². The molecule has 0 aliphatic rings. The van der Waals surface area contributed by atoms with Gasteiger partial charge in [-0.05, 0) is 12.5 Å². The zero-order valence-electron chi connectivity index (χ0n) is 5.19. The lowest BCUT2D eigenvalue weighted by molar-refractivity contribution is 0.606. The van der Waals surface area contributed by atoms with Gasteiger partial charge in [0.1, 0.15) is 5.83 Å². The lowest BCUT2D eigenvalue weighted by atomic mass is 10.4. The summed E-state index contributed by atoms with van der Waals surface area (Å²) in [5.74, 6) is -0.129. The molecule has 2 heteroatoms. The Balaban J connectivity index is 3.57. The van der Waals surface area contributed by atoms with Crippen molar-refractivity contribution in [3.05, 3.63) is 11.9 Å². The Bertz CT molecular complexity index is 105. The normalized spacial score (nSPS) is 13.1. The van der Waals surface area contributed by atoms with Crippen LogP contribution >= 0.6 is 0 Å². The van der Waals surface area contributed by atoms with E-state index in [4.69, 9.17) is 0 Å². The van der Waals surface area contributed by atoms with Crippen molar-refractivity contribution in [2.45, 2.75) is 13.3 Å². The number of allylic oxidation sites excluding steroid dienone is 2. The molecule has 0 atom stereocenters. The van der Waals surface area contributed by atoms with Crippen molar-refractivity contribution in [1.29, 1.82) is 0 Å². The molecule has 1 nitrogen and oxygen atoms in total. The van der Waals surface area contributed by atoms with Crippen LogP contribution in [0.2, 0.25) is 0 Å². The van der Waals surface area contributed by atoms with Crippen LogP contribution in [0.1, 0.15) is 13.3 Å². The van der Waals surface area contributed by atoms with Gasteiger partial charge in [0.25, 0.3) is 0 Å². The average Bonchev–Trinajstić information content (AvgIpc) is 1.83. The topological polar surface area (TPSA) is 12.4 Å². The van der Waals surface area contributed by atoms with Crippen LogP contribution < -0.4 is 0 Å². The maximum Gasteiger partial charge on any atom is 0.101 e. The lowest BCUT2D eigenvalue weighted by Gasteiger charge is -1.81. The van der Waals surface area contributed by atoms with Crippen molar-refractivity contribution in [3.8, 4) is 0 Å². The van der Waals surface area contributed by atoms with Gasteiger partial charge in [-0.25, -0.2) is 4.39 Å². The van der Waals surface area contributed by atoms with Crippen LogP contribution in [0.4, 0.5) is 4.39 Å². The number of hydrogen-bond acceptors (Lipinski definition) is 1. The third-order valence-corrected chi connectivity index (χ3v) is 0.742. The Morgan fingerprint density at radius 3 is 2.75 bits per heavy atom. The highest BCUT2D eigenvalue weighted by atomic mass is 19.1. The highest BCUT2D eigenvalue weighted by molar-refractivity contribution is 5.71. The molecule has 0 spiro atoms. The van der Waals surface area contributed by atoms with E-state index >= 15 is 0 Å². The fourth-order valence-electron chi connectivity index (χ4n) is 0.273. The van der Waals surface area contributed by atoms with Crippen LogP contribution in [0.3, 0.4) is 0 Å². The van der Waals surface area contributed by atoms with Gasteiger partial charge in [0.05, 0.1) is 0 Å². The number of aliphatic imine (C=N–C) groups is 1. The maximum atomic E-state index is 12.1. The third-order valence-electron chi connectivity index (χ3n) is 0.742. The lowest BCUT2D eigenvalue weighted by Crippen LogP contribution is -1.69. The van der Waals surface area contributed by atoms with Gasteiger partial charge in [-0.15, -0.1) is 0 Å². The fraction of sp³-hybridized carbons (Fsp3) is 0.500. The molecule has 0 amide bonds. The second-order valence-corrected chi connectivity index (χ2v) is 1.37. The molecule has 0 aliphatic heterocycles. The molecule has 0 saturated carbocycles.